The van der Waals surface area contributed by atoms with E-state index in [1.54, 1.807) is 17.1 Å². The molecule has 0 N–H and O–H groups in total. The third-order valence-corrected chi connectivity index (χ3v) is 2.82. The lowest BCUT2D eigenvalue weighted by Crippen LogP contribution is -2.31. The number of rotatable bonds is 5. The molecule has 0 saturated carbocycles. The zero-order valence-corrected chi connectivity index (χ0v) is 10.6. The molecule has 0 aliphatic rings. The smallest absolute Gasteiger partial charge is 0.254 e. The van der Waals surface area contributed by atoms with E-state index in [-0.39, 0.29) is 5.91 Å². The maximum Gasteiger partial charge on any atom is 0.254 e. The van der Waals surface area contributed by atoms with Gasteiger partial charge >= 0.3 is 0 Å². The summed E-state index contributed by atoms with van der Waals surface area (Å²) in [7, 11) is 0. The molecule has 17 heavy (non-hydrogen) atoms. The fraction of sp³-hybridized carbons (Fsp3) is 0.267. The van der Waals surface area contributed by atoms with E-state index >= 15 is 0 Å². The first-order valence-corrected chi connectivity index (χ1v) is 5.69. The minimum absolute atomic E-state index is 0.0333. The molecule has 0 fully saturated rings. The van der Waals surface area contributed by atoms with Gasteiger partial charge in [0.05, 0.1) is 0 Å². The Bertz CT molecular complexity index is 425. The summed E-state index contributed by atoms with van der Waals surface area (Å²) in [5.41, 5.74) is 2.93. The summed E-state index contributed by atoms with van der Waals surface area (Å²) >= 11 is 0. The Hall–Kier alpha value is -1.83. The normalized spacial score (nSPS) is 9.76. The van der Waals surface area contributed by atoms with Gasteiger partial charge in [-0.3, -0.25) is 4.79 Å². The number of aryl methyl sites for hydroxylation is 1. The lowest BCUT2D eigenvalue weighted by molar-refractivity contribution is 0.0790. The van der Waals surface area contributed by atoms with Gasteiger partial charge in [0.15, 0.2) is 0 Å². The van der Waals surface area contributed by atoms with Gasteiger partial charge in [0.1, 0.15) is 0 Å². The van der Waals surface area contributed by atoms with Crippen LogP contribution in [0.4, 0.5) is 0 Å². The van der Waals surface area contributed by atoms with Crippen LogP contribution in [0.1, 0.15) is 21.5 Å². The third kappa shape index (κ3) is 3.06. The molecular formula is C15H19NO. The van der Waals surface area contributed by atoms with Crippen LogP contribution in [0.3, 0.4) is 0 Å². The standard InChI is InChI=1S/C15H19NO/c1-5-10-16(11-6-2)15(17)14-9-7-8-12(3)13(14)4/h5-9H,1-2,10-11H2,3-4H3. The van der Waals surface area contributed by atoms with Crippen LogP contribution in [0.25, 0.3) is 0 Å². The SMILES string of the molecule is C=CCN(CC=C)C(=O)c1cccc(C)c1C. The zero-order valence-electron chi connectivity index (χ0n) is 10.6. The molecule has 0 unspecified atom stereocenters. The Labute approximate surface area is 103 Å². The first kappa shape index (κ1) is 13.2. The molecule has 1 rings (SSSR count). The maximum atomic E-state index is 12.3. The first-order valence-electron chi connectivity index (χ1n) is 5.69. The minimum Gasteiger partial charge on any atom is -0.331 e. The Morgan fingerprint density at radius 2 is 1.82 bits per heavy atom. The highest BCUT2D eigenvalue weighted by Gasteiger charge is 2.15. The highest BCUT2D eigenvalue weighted by atomic mass is 16.2. The van der Waals surface area contributed by atoms with E-state index in [1.165, 1.54) is 0 Å². The van der Waals surface area contributed by atoms with Crippen LogP contribution < -0.4 is 0 Å². The summed E-state index contributed by atoms with van der Waals surface area (Å²) in [6, 6.07) is 5.79. The maximum absolute atomic E-state index is 12.3. The van der Waals surface area contributed by atoms with Crippen LogP contribution in [0, 0.1) is 13.8 Å². The molecule has 0 spiro atoms. The summed E-state index contributed by atoms with van der Waals surface area (Å²) < 4.78 is 0. The molecule has 1 aromatic carbocycles. The molecule has 0 heterocycles. The van der Waals surface area contributed by atoms with Crippen LogP contribution >= 0.6 is 0 Å². The van der Waals surface area contributed by atoms with Gasteiger partial charge in [-0.2, -0.15) is 0 Å². The van der Waals surface area contributed by atoms with Gasteiger partial charge in [-0.25, -0.2) is 0 Å². The van der Waals surface area contributed by atoms with E-state index in [9.17, 15) is 4.79 Å². The molecule has 0 aliphatic carbocycles. The molecule has 0 aliphatic heterocycles. The third-order valence-electron chi connectivity index (χ3n) is 2.82. The molecule has 1 aromatic rings. The van der Waals surface area contributed by atoms with Gasteiger partial charge in [-0.05, 0) is 31.0 Å². The lowest BCUT2D eigenvalue weighted by Gasteiger charge is -2.20. The zero-order chi connectivity index (χ0) is 12.8. The molecular weight excluding hydrogens is 210 g/mol. The summed E-state index contributed by atoms with van der Waals surface area (Å²) in [4.78, 5) is 14.1. The summed E-state index contributed by atoms with van der Waals surface area (Å²) in [6.07, 6.45) is 3.46. The number of benzene rings is 1. The largest absolute Gasteiger partial charge is 0.331 e. The van der Waals surface area contributed by atoms with Crippen molar-refractivity contribution in [1.82, 2.24) is 4.90 Å². The van der Waals surface area contributed by atoms with E-state index in [0.717, 1.165) is 16.7 Å². The van der Waals surface area contributed by atoms with Crippen molar-refractivity contribution in [3.63, 3.8) is 0 Å². The monoisotopic (exact) mass is 229 g/mol. The van der Waals surface area contributed by atoms with Gasteiger partial charge in [0, 0.05) is 18.7 Å². The van der Waals surface area contributed by atoms with E-state index in [2.05, 4.69) is 13.2 Å². The van der Waals surface area contributed by atoms with Crippen LogP contribution in [0.2, 0.25) is 0 Å². The van der Waals surface area contributed by atoms with Crippen LogP contribution in [-0.4, -0.2) is 23.9 Å². The van der Waals surface area contributed by atoms with Crippen LogP contribution in [-0.2, 0) is 0 Å². The number of amides is 1. The van der Waals surface area contributed by atoms with Crippen molar-refractivity contribution in [3.8, 4) is 0 Å². The van der Waals surface area contributed by atoms with Gasteiger partial charge in [-0.1, -0.05) is 24.3 Å². The van der Waals surface area contributed by atoms with Crippen molar-refractivity contribution in [2.75, 3.05) is 13.1 Å². The Kier molecular flexibility index (Phi) is 4.70. The van der Waals surface area contributed by atoms with Crippen molar-refractivity contribution in [1.29, 1.82) is 0 Å². The second kappa shape index (κ2) is 6.04. The average Bonchev–Trinajstić information content (AvgIpc) is 2.31. The van der Waals surface area contributed by atoms with Crippen molar-refractivity contribution >= 4 is 5.91 Å². The van der Waals surface area contributed by atoms with Crippen LogP contribution in [0.5, 0.6) is 0 Å². The molecule has 0 radical (unpaired) electrons. The topological polar surface area (TPSA) is 20.3 Å². The second-order valence-corrected chi connectivity index (χ2v) is 4.03. The quantitative estimate of drug-likeness (QED) is 0.710. The summed E-state index contributed by atoms with van der Waals surface area (Å²) in [5.74, 6) is 0.0333. The summed E-state index contributed by atoms with van der Waals surface area (Å²) in [5, 5.41) is 0. The van der Waals surface area contributed by atoms with Gasteiger partial charge in [0.2, 0.25) is 0 Å². The Morgan fingerprint density at radius 1 is 1.24 bits per heavy atom. The van der Waals surface area contributed by atoms with E-state index in [4.69, 9.17) is 0 Å². The number of hydrogen-bond acceptors (Lipinski definition) is 1. The molecule has 0 atom stereocenters. The average molecular weight is 229 g/mol. The van der Waals surface area contributed by atoms with Crippen molar-refractivity contribution in [3.05, 3.63) is 60.2 Å². The minimum atomic E-state index is 0.0333. The fourth-order valence-electron chi connectivity index (χ4n) is 1.71. The number of nitrogens with zero attached hydrogens (tertiary/aromatic N) is 1. The number of carbonyl (C=O) groups excluding carboxylic acids is 1. The number of hydrogen-bond donors (Lipinski definition) is 0. The van der Waals surface area contributed by atoms with Crippen molar-refractivity contribution < 1.29 is 4.79 Å². The molecule has 1 amide bonds. The molecule has 0 saturated heterocycles. The lowest BCUT2D eigenvalue weighted by atomic mass is 10.0. The number of carbonyl (C=O) groups is 1. The second-order valence-electron chi connectivity index (χ2n) is 4.03. The molecule has 90 valence electrons. The van der Waals surface area contributed by atoms with Gasteiger partial charge < -0.3 is 4.90 Å². The highest BCUT2D eigenvalue weighted by Crippen LogP contribution is 2.15. The van der Waals surface area contributed by atoms with E-state index < -0.39 is 0 Å². The molecule has 0 bridgehead atoms. The van der Waals surface area contributed by atoms with Crippen molar-refractivity contribution in [2.24, 2.45) is 0 Å². The predicted molar refractivity (Wildman–Crippen MR) is 72.2 cm³/mol. The summed E-state index contributed by atoms with van der Waals surface area (Å²) in [6.45, 7) is 12.4. The van der Waals surface area contributed by atoms with Gasteiger partial charge in [-0.15, -0.1) is 13.2 Å². The van der Waals surface area contributed by atoms with Gasteiger partial charge in [0.25, 0.3) is 5.91 Å². The Balaban J connectivity index is 3.04. The molecule has 2 nitrogen and oxygen atoms in total. The van der Waals surface area contributed by atoms with E-state index in [0.29, 0.717) is 13.1 Å². The van der Waals surface area contributed by atoms with Crippen LogP contribution in [0.15, 0.2) is 43.5 Å². The first-order chi connectivity index (χ1) is 8.11. The predicted octanol–water partition coefficient (Wildman–Crippen LogP) is 3.12. The van der Waals surface area contributed by atoms with Crippen molar-refractivity contribution in [2.45, 2.75) is 13.8 Å². The van der Waals surface area contributed by atoms with E-state index in [1.807, 2.05) is 32.0 Å². The molecule has 2 heteroatoms. The highest BCUT2D eigenvalue weighted by molar-refractivity contribution is 5.96. The molecule has 0 aromatic heterocycles. The fourth-order valence-corrected chi connectivity index (χ4v) is 1.71. The Morgan fingerprint density at radius 3 is 2.35 bits per heavy atom.